The Labute approximate surface area is 344 Å². The van der Waals surface area contributed by atoms with Gasteiger partial charge in [0.1, 0.15) is 23.4 Å². The second kappa shape index (κ2) is 19.3. The lowest BCUT2D eigenvalue weighted by molar-refractivity contribution is -0.160. The maximum absolute atomic E-state index is 14.5. The lowest BCUT2D eigenvalue weighted by Gasteiger charge is -2.38. The maximum atomic E-state index is 14.5. The van der Waals surface area contributed by atoms with Crippen LogP contribution in [-0.2, 0) is 28.6 Å². The smallest absolute Gasteiger partial charge is 0.312 e. The van der Waals surface area contributed by atoms with Crippen LogP contribution in [0.4, 0.5) is 5.69 Å². The molecule has 0 fully saturated rings. The van der Waals surface area contributed by atoms with E-state index in [-0.39, 0.29) is 64.4 Å². The third-order valence-corrected chi connectivity index (χ3v) is 11.3. The van der Waals surface area contributed by atoms with Gasteiger partial charge in [-0.15, -0.1) is 0 Å². The number of ketones is 1. The van der Waals surface area contributed by atoms with Crippen molar-refractivity contribution in [2.75, 3.05) is 38.7 Å². The van der Waals surface area contributed by atoms with E-state index < -0.39 is 95.5 Å². The molecule has 0 spiro atoms. The van der Waals surface area contributed by atoms with Crippen LogP contribution in [0.25, 0.3) is 10.8 Å². The molecule has 3 aliphatic heterocycles. The number of methoxy groups -OCH3 is 1. The van der Waals surface area contributed by atoms with Gasteiger partial charge in [0.05, 0.1) is 47.8 Å². The van der Waals surface area contributed by atoms with Crippen molar-refractivity contribution in [3.05, 3.63) is 53.3 Å². The maximum Gasteiger partial charge on any atom is 0.312 e. The molecule has 5 bridgehead atoms. The van der Waals surface area contributed by atoms with Crippen LogP contribution in [0.3, 0.4) is 0 Å². The first-order valence-corrected chi connectivity index (χ1v) is 19.6. The van der Waals surface area contributed by atoms with Crippen LogP contribution in [-0.4, -0.2) is 118 Å². The number of anilines is 1. The number of rotatable bonds is 8. The Bertz CT molecular complexity index is 2010. The number of phenolic OH excluding ortho intramolecular Hbond substituents is 2. The Kier molecular flexibility index (Phi) is 15.2. The fourth-order valence-corrected chi connectivity index (χ4v) is 7.56. The summed E-state index contributed by atoms with van der Waals surface area (Å²) in [6.45, 7) is 13.6. The monoisotopic (exact) mass is 826 g/mol. The zero-order chi connectivity index (χ0) is 44.1. The first-order valence-electron chi connectivity index (χ1n) is 19.6. The number of allylic oxidation sites excluding steroid dienone is 2. The molecule has 3 heterocycles. The summed E-state index contributed by atoms with van der Waals surface area (Å²) in [6, 6.07) is 1.22. The molecule has 2 aromatic carbocycles. The lowest BCUT2D eigenvalue weighted by Crippen LogP contribution is -2.46. The number of hydrogen-bond donors (Lipinski definition) is 6. The number of carbonyl (C=O) groups excluding carboxylic acids is 4. The average molecular weight is 827 g/mol. The predicted molar refractivity (Wildman–Crippen MR) is 217 cm³/mol. The van der Waals surface area contributed by atoms with E-state index in [0.29, 0.717) is 0 Å². The van der Waals surface area contributed by atoms with Crippen LogP contribution in [0.1, 0.15) is 71.3 Å². The molecule has 0 radical (unpaired) electrons. The Hall–Kier alpha value is -5.16. The largest absolute Gasteiger partial charge is 0.507 e. The van der Waals surface area contributed by atoms with Gasteiger partial charge in [0, 0.05) is 80.3 Å². The van der Waals surface area contributed by atoms with Gasteiger partial charge < -0.3 is 59.4 Å². The van der Waals surface area contributed by atoms with Crippen molar-refractivity contribution in [3.63, 3.8) is 0 Å². The number of esters is 1. The van der Waals surface area contributed by atoms with Crippen molar-refractivity contribution in [3.8, 4) is 23.0 Å². The summed E-state index contributed by atoms with van der Waals surface area (Å²) in [5.74, 6) is -8.45. The Morgan fingerprint density at radius 2 is 1.66 bits per heavy atom. The second-order valence-electron chi connectivity index (χ2n) is 15.4. The molecule has 324 valence electrons. The standard InChI is InChI=1S/C43H58N2O14/c1-11-45(16-17-46)31(48)20-56-30-19-28-38(52)33-32(30)34-40(26(7)37(33)51)59-43(9,41(34)53)57-18-15-29(55-10)23(4)39(58-27(8)47)25(6)36(50)24(5)35(49)21(2)13-12-14-22(3)42(54)44-28/h12-15,18-19,21,23-25,29,35-36,39,46,49-52H,11,16-17,20H2,1-10H3,(H,44,54)/b13-12+,18-15+,22-14-. The molecule has 2 aromatic rings. The molecule has 0 saturated carbocycles. The van der Waals surface area contributed by atoms with Gasteiger partial charge in [-0.05, 0) is 26.8 Å². The van der Waals surface area contributed by atoms with Crippen molar-refractivity contribution in [1.82, 2.24) is 4.90 Å². The van der Waals surface area contributed by atoms with Gasteiger partial charge in [-0.1, -0.05) is 45.9 Å². The number of aromatic hydroxyl groups is 2. The molecule has 9 unspecified atom stereocenters. The number of aliphatic hydroxyl groups is 3. The van der Waals surface area contributed by atoms with E-state index >= 15 is 0 Å². The van der Waals surface area contributed by atoms with Gasteiger partial charge in [-0.2, -0.15) is 0 Å². The number of hydrogen-bond acceptors (Lipinski definition) is 14. The lowest BCUT2D eigenvalue weighted by atomic mass is 9.78. The molecular weight excluding hydrogens is 768 g/mol. The summed E-state index contributed by atoms with van der Waals surface area (Å²) in [4.78, 5) is 54.8. The third kappa shape index (κ3) is 9.67. The molecule has 2 amide bonds. The summed E-state index contributed by atoms with van der Waals surface area (Å²) in [5, 5.41) is 57.7. The average Bonchev–Trinajstić information content (AvgIpc) is 3.46. The highest BCUT2D eigenvalue weighted by atomic mass is 16.7. The minimum atomic E-state index is -2.05. The molecular formula is C43H58N2O14. The number of amides is 2. The van der Waals surface area contributed by atoms with Gasteiger partial charge in [-0.3, -0.25) is 19.2 Å². The predicted octanol–water partition coefficient (Wildman–Crippen LogP) is 4.27. The molecule has 9 atom stereocenters. The highest BCUT2D eigenvalue weighted by Gasteiger charge is 2.49. The number of phenols is 2. The van der Waals surface area contributed by atoms with Crippen LogP contribution >= 0.6 is 0 Å². The normalized spacial score (nSPS) is 29.8. The molecule has 0 aliphatic carbocycles. The van der Waals surface area contributed by atoms with Gasteiger partial charge in [0.2, 0.25) is 0 Å². The molecule has 0 saturated heterocycles. The second-order valence-corrected chi connectivity index (χ2v) is 15.4. The number of nitrogens with one attached hydrogen (secondary N) is 1. The van der Waals surface area contributed by atoms with E-state index in [2.05, 4.69) is 5.32 Å². The highest BCUT2D eigenvalue weighted by Crippen LogP contribution is 2.54. The fourth-order valence-electron chi connectivity index (χ4n) is 7.56. The number of Topliss-reactive ketones (excluding diaryl/α,β-unsaturated/α-hetero) is 1. The van der Waals surface area contributed by atoms with E-state index in [1.807, 2.05) is 0 Å². The van der Waals surface area contributed by atoms with Gasteiger partial charge in [0.25, 0.3) is 17.6 Å². The number of carbonyl (C=O) groups is 4. The van der Waals surface area contributed by atoms with Crippen LogP contribution in [0.2, 0.25) is 0 Å². The molecule has 5 rings (SSSR count). The molecule has 59 heavy (non-hydrogen) atoms. The summed E-state index contributed by atoms with van der Waals surface area (Å²) < 4.78 is 29.6. The molecule has 6 N–H and O–H groups in total. The van der Waals surface area contributed by atoms with Crippen LogP contribution in [0.5, 0.6) is 23.0 Å². The topological polar surface area (TPSA) is 231 Å². The Balaban J connectivity index is 1.94. The number of benzene rings is 2. The summed E-state index contributed by atoms with van der Waals surface area (Å²) in [6.07, 6.45) is 3.47. The first kappa shape index (κ1) is 46.5. The Morgan fingerprint density at radius 3 is 2.27 bits per heavy atom. The van der Waals surface area contributed by atoms with Crippen molar-refractivity contribution in [2.24, 2.45) is 23.7 Å². The number of nitrogens with zero attached hydrogens (tertiary/aromatic N) is 1. The van der Waals surface area contributed by atoms with E-state index in [0.717, 1.165) is 0 Å². The third-order valence-electron chi connectivity index (χ3n) is 11.3. The van der Waals surface area contributed by atoms with Gasteiger partial charge >= 0.3 is 11.8 Å². The summed E-state index contributed by atoms with van der Waals surface area (Å²) >= 11 is 0. The number of ether oxygens (including phenoxy) is 5. The van der Waals surface area contributed by atoms with Crippen molar-refractivity contribution in [2.45, 2.75) is 92.5 Å². The molecule has 16 nitrogen and oxygen atoms in total. The van der Waals surface area contributed by atoms with E-state index in [1.165, 1.54) is 64.2 Å². The van der Waals surface area contributed by atoms with Crippen molar-refractivity contribution in [1.29, 1.82) is 0 Å². The van der Waals surface area contributed by atoms with E-state index in [4.69, 9.17) is 23.7 Å². The SMILES string of the molecule is CCN(CCO)C(=O)COc1cc2c(O)c3c(O)c(C)c4c(c13)C(=O)C(C)(O/C=C/C(OC)C(C)C(OC(C)=O)C(C)C(O)C(C)C(O)C(C)/C=C/C=C(/C)C(=O)N2)O4. The van der Waals surface area contributed by atoms with Crippen molar-refractivity contribution >= 4 is 40.0 Å². The number of likely N-dealkylation sites (N-methyl/N-ethyl adjacent to an activating group) is 1. The van der Waals surface area contributed by atoms with E-state index in [1.54, 1.807) is 46.8 Å². The molecule has 3 aliphatic rings. The molecule has 0 aromatic heterocycles. The molecule has 16 heteroatoms. The van der Waals surface area contributed by atoms with Crippen molar-refractivity contribution < 1.29 is 68.4 Å². The van der Waals surface area contributed by atoms with Gasteiger partial charge in [0.15, 0.2) is 12.4 Å². The zero-order valence-electron chi connectivity index (χ0n) is 35.3. The summed E-state index contributed by atoms with van der Waals surface area (Å²) in [5.41, 5.74) is -0.131. The fraction of sp³-hybridized carbons (Fsp3) is 0.535. The Morgan fingerprint density at radius 1 is 0.983 bits per heavy atom. The van der Waals surface area contributed by atoms with Crippen LogP contribution in [0.15, 0.2) is 42.2 Å². The number of fused-ring (bicyclic) bond motifs is 14. The van der Waals surface area contributed by atoms with Gasteiger partial charge in [-0.25, -0.2) is 0 Å². The van der Waals surface area contributed by atoms with Crippen LogP contribution < -0.4 is 14.8 Å². The van der Waals surface area contributed by atoms with Crippen LogP contribution in [0, 0.1) is 30.6 Å². The van der Waals surface area contributed by atoms with E-state index in [9.17, 15) is 44.7 Å². The first-order chi connectivity index (χ1) is 27.7. The minimum Gasteiger partial charge on any atom is -0.507 e. The highest BCUT2D eigenvalue weighted by molar-refractivity contribution is 6.21. The quantitative estimate of drug-likeness (QED) is 0.161. The minimum absolute atomic E-state index is 0.0339. The summed E-state index contributed by atoms with van der Waals surface area (Å²) in [7, 11) is 1.43. The number of aliphatic hydroxyl groups excluding tert-OH is 3. The zero-order valence-corrected chi connectivity index (χ0v) is 35.3.